The number of thiocarbonyl (C=S) groups is 1. The minimum absolute atomic E-state index is 0.0825. The van der Waals surface area contributed by atoms with E-state index in [-0.39, 0.29) is 16.6 Å². The van der Waals surface area contributed by atoms with Crippen LogP contribution in [0.2, 0.25) is 0 Å². The molecule has 0 saturated carbocycles. The standard InChI is InChI=1S/C24H30BrN3O3S/c1-15(2)12-13-31-20-11-10-16(25)14-18(20)21(29)27-23(32)26-19-9-7-6-8-17(19)22(30)28-24(3,4)5/h6-11,14-15H,12-13H2,1-5H3,(H,28,30)(H2,26,27,29,32). The fourth-order valence-corrected chi connectivity index (χ4v) is 3.30. The number of para-hydroxylation sites is 1. The monoisotopic (exact) mass is 519 g/mol. The van der Waals surface area contributed by atoms with Crippen LogP contribution >= 0.6 is 28.1 Å². The second-order valence-corrected chi connectivity index (χ2v) is 10.2. The summed E-state index contributed by atoms with van der Waals surface area (Å²) in [6.07, 6.45) is 0.879. The molecule has 3 N–H and O–H groups in total. The SMILES string of the molecule is CC(C)CCOc1ccc(Br)cc1C(=O)NC(=S)Nc1ccccc1C(=O)NC(C)(C)C. The van der Waals surface area contributed by atoms with Crippen molar-refractivity contribution in [2.45, 2.75) is 46.6 Å². The summed E-state index contributed by atoms with van der Waals surface area (Å²) in [6.45, 7) is 10.5. The number of rotatable bonds is 7. The van der Waals surface area contributed by atoms with Gasteiger partial charge >= 0.3 is 0 Å². The van der Waals surface area contributed by atoms with Gasteiger partial charge in [0.2, 0.25) is 0 Å². The minimum atomic E-state index is -0.403. The highest BCUT2D eigenvalue weighted by Gasteiger charge is 2.19. The first-order chi connectivity index (χ1) is 15.0. The Hall–Kier alpha value is -2.45. The molecule has 0 heterocycles. The number of hydrogen-bond acceptors (Lipinski definition) is 4. The average molecular weight is 520 g/mol. The van der Waals surface area contributed by atoms with Crippen LogP contribution in [0.25, 0.3) is 0 Å². The van der Waals surface area contributed by atoms with Crippen molar-refractivity contribution in [1.29, 1.82) is 0 Å². The fraction of sp³-hybridized carbons (Fsp3) is 0.375. The highest BCUT2D eigenvalue weighted by atomic mass is 79.9. The van der Waals surface area contributed by atoms with Crippen molar-refractivity contribution in [3.05, 3.63) is 58.1 Å². The number of ether oxygens (including phenoxy) is 1. The maximum atomic E-state index is 12.9. The number of hydrogen-bond donors (Lipinski definition) is 3. The van der Waals surface area contributed by atoms with Crippen LogP contribution in [0, 0.1) is 5.92 Å². The summed E-state index contributed by atoms with van der Waals surface area (Å²) in [7, 11) is 0. The van der Waals surface area contributed by atoms with E-state index in [0.29, 0.717) is 35.1 Å². The summed E-state index contributed by atoms with van der Waals surface area (Å²) in [5, 5.41) is 8.64. The summed E-state index contributed by atoms with van der Waals surface area (Å²) in [5.41, 5.74) is 0.915. The molecule has 6 nitrogen and oxygen atoms in total. The van der Waals surface area contributed by atoms with Crippen molar-refractivity contribution in [3.8, 4) is 5.75 Å². The van der Waals surface area contributed by atoms with E-state index in [1.165, 1.54) is 0 Å². The summed E-state index contributed by atoms with van der Waals surface area (Å²) >= 11 is 8.74. The lowest BCUT2D eigenvalue weighted by Gasteiger charge is -2.22. The van der Waals surface area contributed by atoms with Crippen LogP contribution in [0.15, 0.2) is 46.9 Å². The number of carbonyl (C=O) groups is 2. The normalized spacial score (nSPS) is 11.1. The van der Waals surface area contributed by atoms with Gasteiger partial charge in [-0.05, 0) is 75.7 Å². The second-order valence-electron chi connectivity index (χ2n) is 8.83. The van der Waals surface area contributed by atoms with Gasteiger partial charge in [-0.25, -0.2) is 0 Å². The maximum absolute atomic E-state index is 12.9. The molecule has 0 bridgehead atoms. The molecule has 2 aromatic carbocycles. The van der Waals surface area contributed by atoms with E-state index in [1.54, 1.807) is 36.4 Å². The highest BCUT2D eigenvalue weighted by molar-refractivity contribution is 9.10. The summed E-state index contributed by atoms with van der Waals surface area (Å²) in [4.78, 5) is 25.5. The van der Waals surface area contributed by atoms with Gasteiger partial charge in [0.25, 0.3) is 11.8 Å². The van der Waals surface area contributed by atoms with Gasteiger partial charge in [-0.3, -0.25) is 14.9 Å². The van der Waals surface area contributed by atoms with Crippen LogP contribution in [0.1, 0.15) is 61.8 Å². The Morgan fingerprint density at radius 1 is 1.06 bits per heavy atom. The maximum Gasteiger partial charge on any atom is 0.261 e. The Labute approximate surface area is 203 Å². The predicted molar refractivity (Wildman–Crippen MR) is 136 cm³/mol. The highest BCUT2D eigenvalue weighted by Crippen LogP contribution is 2.24. The van der Waals surface area contributed by atoms with Crippen LogP contribution in [0.4, 0.5) is 5.69 Å². The summed E-state index contributed by atoms with van der Waals surface area (Å²) in [5.74, 6) is 0.344. The Morgan fingerprint density at radius 2 is 1.75 bits per heavy atom. The van der Waals surface area contributed by atoms with Crippen LogP contribution in [0.5, 0.6) is 5.75 Å². The largest absolute Gasteiger partial charge is 0.493 e. The third-order valence-corrected chi connectivity index (χ3v) is 4.97. The lowest BCUT2D eigenvalue weighted by molar-refractivity contribution is 0.0919. The molecular weight excluding hydrogens is 490 g/mol. The van der Waals surface area contributed by atoms with Crippen molar-refractivity contribution >= 4 is 50.8 Å². The topological polar surface area (TPSA) is 79.5 Å². The van der Waals surface area contributed by atoms with Gasteiger partial charge in [0.05, 0.1) is 23.4 Å². The van der Waals surface area contributed by atoms with Crippen molar-refractivity contribution in [3.63, 3.8) is 0 Å². The molecular formula is C24H30BrN3O3S. The molecule has 0 spiro atoms. The lowest BCUT2D eigenvalue weighted by atomic mass is 10.1. The molecule has 172 valence electrons. The minimum Gasteiger partial charge on any atom is -0.493 e. The fourth-order valence-electron chi connectivity index (χ4n) is 2.73. The number of anilines is 1. The van der Waals surface area contributed by atoms with Crippen LogP contribution in [-0.4, -0.2) is 29.1 Å². The smallest absolute Gasteiger partial charge is 0.261 e. The number of nitrogens with one attached hydrogen (secondary N) is 3. The van der Waals surface area contributed by atoms with Crippen LogP contribution < -0.4 is 20.7 Å². The lowest BCUT2D eigenvalue weighted by Crippen LogP contribution is -2.41. The zero-order valence-electron chi connectivity index (χ0n) is 19.0. The zero-order chi connectivity index (χ0) is 23.9. The molecule has 0 atom stereocenters. The van der Waals surface area contributed by atoms with E-state index in [1.807, 2.05) is 26.8 Å². The first-order valence-electron chi connectivity index (χ1n) is 10.4. The van der Waals surface area contributed by atoms with Gasteiger partial charge in [-0.1, -0.05) is 41.9 Å². The van der Waals surface area contributed by atoms with Gasteiger partial charge in [0, 0.05) is 10.0 Å². The molecule has 0 aromatic heterocycles. The summed E-state index contributed by atoms with van der Waals surface area (Å²) < 4.78 is 6.57. The quantitative estimate of drug-likeness (QED) is 0.419. The molecule has 0 fully saturated rings. The zero-order valence-corrected chi connectivity index (χ0v) is 21.4. The van der Waals surface area contributed by atoms with Crippen LogP contribution in [-0.2, 0) is 0 Å². The van der Waals surface area contributed by atoms with E-state index >= 15 is 0 Å². The van der Waals surface area contributed by atoms with Crippen molar-refractivity contribution in [2.24, 2.45) is 5.92 Å². The molecule has 32 heavy (non-hydrogen) atoms. The predicted octanol–water partition coefficient (Wildman–Crippen LogP) is 5.53. The summed E-state index contributed by atoms with van der Waals surface area (Å²) in [6, 6.07) is 12.2. The van der Waals surface area contributed by atoms with E-state index in [0.717, 1.165) is 10.9 Å². The molecule has 0 aliphatic carbocycles. The Bertz CT molecular complexity index is 987. The number of benzene rings is 2. The molecule has 0 radical (unpaired) electrons. The molecule has 2 aromatic rings. The number of amides is 2. The Balaban J connectivity index is 2.12. The van der Waals surface area contributed by atoms with E-state index < -0.39 is 5.91 Å². The number of halogens is 1. The third-order valence-electron chi connectivity index (χ3n) is 4.27. The van der Waals surface area contributed by atoms with Crippen molar-refractivity contribution in [1.82, 2.24) is 10.6 Å². The van der Waals surface area contributed by atoms with Gasteiger partial charge in [-0.2, -0.15) is 0 Å². The molecule has 0 saturated heterocycles. The molecule has 0 aliphatic heterocycles. The van der Waals surface area contributed by atoms with E-state index in [2.05, 4.69) is 45.7 Å². The first kappa shape index (κ1) is 25.8. The third kappa shape index (κ3) is 8.24. The molecule has 0 unspecified atom stereocenters. The Kier molecular flexibility index (Phi) is 9.21. The number of carbonyl (C=O) groups excluding carboxylic acids is 2. The molecule has 2 rings (SSSR count). The van der Waals surface area contributed by atoms with E-state index in [4.69, 9.17) is 17.0 Å². The van der Waals surface area contributed by atoms with Crippen LogP contribution in [0.3, 0.4) is 0 Å². The average Bonchev–Trinajstić information content (AvgIpc) is 2.67. The molecule has 8 heteroatoms. The second kappa shape index (κ2) is 11.4. The van der Waals surface area contributed by atoms with Gasteiger partial charge in [0.1, 0.15) is 5.75 Å². The van der Waals surface area contributed by atoms with Gasteiger partial charge < -0.3 is 15.4 Å². The first-order valence-corrected chi connectivity index (χ1v) is 11.6. The molecule has 0 aliphatic rings. The van der Waals surface area contributed by atoms with Gasteiger partial charge in [-0.15, -0.1) is 0 Å². The van der Waals surface area contributed by atoms with Gasteiger partial charge in [0.15, 0.2) is 5.11 Å². The van der Waals surface area contributed by atoms with E-state index in [9.17, 15) is 9.59 Å². The Morgan fingerprint density at radius 3 is 2.41 bits per heavy atom. The van der Waals surface area contributed by atoms with Crippen molar-refractivity contribution < 1.29 is 14.3 Å². The molecule has 2 amide bonds. The van der Waals surface area contributed by atoms with Crippen molar-refractivity contribution in [2.75, 3.05) is 11.9 Å².